The number of carbonyl (C=O) groups excluding carboxylic acids is 1. The normalized spacial score (nSPS) is 19.1. The fraction of sp³-hybridized carbons (Fsp3) is 0.500. The molecular formula is C28H37N3O3. The third-order valence-electron chi connectivity index (χ3n) is 6.05. The SMILES string of the molecule is CC(C)CC#Cc1cnc2c(c1)C(=O)N([C@@H](C)CO)C[C@@H](C)[C@@H](CN(C)Cc1ccccc1)O2. The fourth-order valence-electron chi connectivity index (χ4n) is 4.01. The number of carbonyl (C=O) groups is 1. The molecule has 1 aliphatic rings. The molecule has 182 valence electrons. The highest BCUT2D eigenvalue weighted by atomic mass is 16.5. The van der Waals surface area contributed by atoms with Gasteiger partial charge in [-0.2, -0.15) is 0 Å². The van der Waals surface area contributed by atoms with Crippen LogP contribution in [0.3, 0.4) is 0 Å². The average Bonchev–Trinajstić information content (AvgIpc) is 2.81. The van der Waals surface area contributed by atoms with Crippen LogP contribution in [0.2, 0.25) is 0 Å². The number of nitrogens with zero attached hydrogens (tertiary/aromatic N) is 3. The van der Waals surface area contributed by atoms with Crippen molar-refractivity contribution in [3.05, 3.63) is 59.3 Å². The van der Waals surface area contributed by atoms with E-state index in [-0.39, 0.29) is 30.6 Å². The van der Waals surface area contributed by atoms with Gasteiger partial charge in [-0.1, -0.05) is 62.9 Å². The number of pyridine rings is 1. The van der Waals surface area contributed by atoms with Gasteiger partial charge in [0.25, 0.3) is 5.91 Å². The zero-order valence-electron chi connectivity index (χ0n) is 21.0. The molecule has 0 unspecified atom stereocenters. The Morgan fingerprint density at radius 1 is 1.26 bits per heavy atom. The van der Waals surface area contributed by atoms with E-state index < -0.39 is 0 Å². The summed E-state index contributed by atoms with van der Waals surface area (Å²) in [4.78, 5) is 22.0. The lowest BCUT2D eigenvalue weighted by Crippen LogP contribution is -2.49. The number of fused-ring (bicyclic) bond motifs is 1. The van der Waals surface area contributed by atoms with Crippen molar-refractivity contribution in [3.63, 3.8) is 0 Å². The van der Waals surface area contributed by atoms with Crippen molar-refractivity contribution in [2.75, 3.05) is 26.7 Å². The molecule has 1 N–H and O–H groups in total. The van der Waals surface area contributed by atoms with Crippen molar-refractivity contribution >= 4 is 5.91 Å². The van der Waals surface area contributed by atoms with Crippen molar-refractivity contribution in [1.82, 2.24) is 14.8 Å². The first-order chi connectivity index (χ1) is 16.3. The van der Waals surface area contributed by atoms with Gasteiger partial charge < -0.3 is 14.7 Å². The summed E-state index contributed by atoms with van der Waals surface area (Å²) in [6.07, 6.45) is 2.29. The monoisotopic (exact) mass is 463 g/mol. The number of rotatable bonds is 7. The molecule has 34 heavy (non-hydrogen) atoms. The summed E-state index contributed by atoms with van der Waals surface area (Å²) in [6.45, 7) is 10.1. The van der Waals surface area contributed by atoms with Gasteiger partial charge >= 0.3 is 0 Å². The highest BCUT2D eigenvalue weighted by molar-refractivity contribution is 5.97. The largest absolute Gasteiger partial charge is 0.472 e. The number of benzene rings is 1. The Kier molecular flexibility index (Phi) is 9.09. The molecule has 0 saturated heterocycles. The first-order valence-corrected chi connectivity index (χ1v) is 12.1. The maximum Gasteiger partial charge on any atom is 0.259 e. The molecular weight excluding hydrogens is 426 g/mol. The van der Waals surface area contributed by atoms with Gasteiger partial charge in [0.05, 0.1) is 12.6 Å². The maximum atomic E-state index is 13.5. The smallest absolute Gasteiger partial charge is 0.259 e. The summed E-state index contributed by atoms with van der Waals surface area (Å²) in [6, 6.07) is 11.8. The minimum Gasteiger partial charge on any atom is -0.472 e. The second-order valence-corrected chi connectivity index (χ2v) is 9.78. The Morgan fingerprint density at radius 3 is 2.68 bits per heavy atom. The molecule has 2 aromatic rings. The Bertz CT molecular complexity index is 1010. The molecule has 1 aromatic carbocycles. The van der Waals surface area contributed by atoms with Gasteiger partial charge in [0.15, 0.2) is 0 Å². The highest BCUT2D eigenvalue weighted by Crippen LogP contribution is 2.27. The van der Waals surface area contributed by atoms with Crippen LogP contribution in [0.1, 0.15) is 55.6 Å². The summed E-state index contributed by atoms with van der Waals surface area (Å²) in [5, 5.41) is 9.83. The summed E-state index contributed by atoms with van der Waals surface area (Å²) < 4.78 is 6.38. The average molecular weight is 464 g/mol. The van der Waals surface area contributed by atoms with Crippen LogP contribution in [0.5, 0.6) is 5.88 Å². The number of ether oxygens (including phenoxy) is 1. The molecule has 0 saturated carbocycles. The highest BCUT2D eigenvalue weighted by Gasteiger charge is 2.34. The van der Waals surface area contributed by atoms with Gasteiger partial charge in [-0.05, 0) is 31.5 Å². The van der Waals surface area contributed by atoms with E-state index in [2.05, 4.69) is 61.7 Å². The predicted molar refractivity (Wildman–Crippen MR) is 135 cm³/mol. The summed E-state index contributed by atoms with van der Waals surface area (Å²) >= 11 is 0. The van der Waals surface area contributed by atoms with Crippen LogP contribution in [-0.2, 0) is 6.54 Å². The number of aromatic nitrogens is 1. The number of aliphatic hydroxyl groups excluding tert-OH is 1. The molecule has 0 spiro atoms. The molecule has 1 aromatic heterocycles. The van der Waals surface area contributed by atoms with E-state index in [1.54, 1.807) is 17.2 Å². The molecule has 3 rings (SSSR count). The molecule has 6 heteroatoms. The maximum absolute atomic E-state index is 13.5. The number of aliphatic hydroxyl groups is 1. The first kappa shape index (κ1) is 25.7. The summed E-state index contributed by atoms with van der Waals surface area (Å²) in [5.74, 6) is 6.96. The predicted octanol–water partition coefficient (Wildman–Crippen LogP) is 3.83. The van der Waals surface area contributed by atoms with Crippen LogP contribution < -0.4 is 4.74 Å². The molecule has 3 atom stereocenters. The lowest BCUT2D eigenvalue weighted by molar-refractivity contribution is 0.0325. The summed E-state index contributed by atoms with van der Waals surface area (Å²) in [5.41, 5.74) is 2.33. The Labute approximate surface area is 203 Å². The fourth-order valence-corrected chi connectivity index (χ4v) is 4.01. The van der Waals surface area contributed by atoms with Crippen molar-refractivity contribution < 1.29 is 14.6 Å². The molecule has 0 fully saturated rings. The van der Waals surface area contributed by atoms with Crippen LogP contribution in [0.4, 0.5) is 0 Å². The van der Waals surface area contributed by atoms with Gasteiger partial charge in [-0.3, -0.25) is 9.69 Å². The second-order valence-electron chi connectivity index (χ2n) is 9.78. The van der Waals surface area contributed by atoms with Gasteiger partial charge in [0.2, 0.25) is 5.88 Å². The Balaban J connectivity index is 1.89. The van der Waals surface area contributed by atoms with Crippen LogP contribution in [0.25, 0.3) is 0 Å². The van der Waals surface area contributed by atoms with E-state index in [0.717, 1.165) is 13.0 Å². The van der Waals surface area contributed by atoms with Crippen molar-refractivity contribution in [2.24, 2.45) is 11.8 Å². The van der Waals surface area contributed by atoms with Crippen LogP contribution in [0, 0.1) is 23.7 Å². The van der Waals surface area contributed by atoms with Crippen molar-refractivity contribution in [1.29, 1.82) is 0 Å². The standard InChI is InChI=1S/C28H37N3O3/c1-20(2)10-9-13-24-14-25-27(29-15-24)34-26(18-30(5)17-23-11-7-6-8-12-23)21(3)16-31(28(25)33)22(4)19-32/h6-8,11-12,14-15,20-22,26,32H,10,16-19H2,1-5H3/t21-,22+,26-/m1/s1. The lowest BCUT2D eigenvalue weighted by atomic mass is 9.99. The first-order valence-electron chi connectivity index (χ1n) is 12.1. The molecule has 0 radical (unpaired) electrons. The number of amides is 1. The van der Waals surface area contributed by atoms with E-state index in [1.807, 2.05) is 25.1 Å². The van der Waals surface area contributed by atoms with Crippen LogP contribution >= 0.6 is 0 Å². The van der Waals surface area contributed by atoms with E-state index in [9.17, 15) is 9.90 Å². The van der Waals surface area contributed by atoms with E-state index in [1.165, 1.54) is 5.56 Å². The van der Waals surface area contributed by atoms with Gasteiger partial charge in [0.1, 0.15) is 11.7 Å². The van der Waals surface area contributed by atoms with Crippen LogP contribution in [-0.4, -0.2) is 64.7 Å². The number of hydrogen-bond acceptors (Lipinski definition) is 5. The van der Waals surface area contributed by atoms with E-state index >= 15 is 0 Å². The minimum atomic E-state index is -0.306. The quantitative estimate of drug-likeness (QED) is 0.632. The number of hydrogen-bond donors (Lipinski definition) is 1. The van der Waals surface area contributed by atoms with E-state index in [0.29, 0.717) is 36.0 Å². The molecule has 1 aliphatic heterocycles. The Morgan fingerprint density at radius 2 is 2.00 bits per heavy atom. The molecule has 1 amide bonds. The Hall–Kier alpha value is -2.88. The molecule has 0 aliphatic carbocycles. The second kappa shape index (κ2) is 12.0. The third kappa shape index (κ3) is 6.82. The van der Waals surface area contributed by atoms with Crippen LogP contribution in [0.15, 0.2) is 42.6 Å². The van der Waals surface area contributed by atoms with E-state index in [4.69, 9.17) is 4.74 Å². The van der Waals surface area contributed by atoms with Gasteiger partial charge in [0, 0.05) is 43.7 Å². The van der Waals surface area contributed by atoms with Crippen molar-refractivity contribution in [3.8, 4) is 17.7 Å². The number of likely N-dealkylation sites (N-methyl/N-ethyl adjacent to an activating group) is 1. The molecule has 6 nitrogen and oxygen atoms in total. The topological polar surface area (TPSA) is 65.9 Å². The molecule has 2 heterocycles. The summed E-state index contributed by atoms with van der Waals surface area (Å²) in [7, 11) is 2.07. The zero-order chi connectivity index (χ0) is 24.7. The molecule has 0 bridgehead atoms. The van der Waals surface area contributed by atoms with Gasteiger partial charge in [-0.15, -0.1) is 0 Å². The third-order valence-corrected chi connectivity index (χ3v) is 6.05. The minimum absolute atomic E-state index is 0.0524. The van der Waals surface area contributed by atoms with Gasteiger partial charge in [-0.25, -0.2) is 4.98 Å². The zero-order valence-corrected chi connectivity index (χ0v) is 21.0. The lowest BCUT2D eigenvalue weighted by Gasteiger charge is -2.37. The van der Waals surface area contributed by atoms with Crippen molar-refractivity contribution in [2.45, 2.75) is 52.8 Å².